The van der Waals surface area contributed by atoms with Crippen LogP contribution in [0.4, 0.5) is 13.2 Å². The Labute approximate surface area is 125 Å². The Bertz CT molecular complexity index is 498. The van der Waals surface area contributed by atoms with Gasteiger partial charge in [-0.15, -0.1) is 0 Å². The zero-order valence-electron chi connectivity index (χ0n) is 12.0. The van der Waals surface area contributed by atoms with Crippen molar-refractivity contribution in [3.05, 3.63) is 35.4 Å². The summed E-state index contributed by atoms with van der Waals surface area (Å²) in [6.45, 7) is 0. The van der Waals surface area contributed by atoms with Crippen molar-refractivity contribution in [1.82, 2.24) is 5.32 Å². The molecule has 0 amide bonds. The molecule has 6 heteroatoms. The number of nitrogens with one attached hydrogen (secondary N) is 1. The molecule has 0 bridgehead atoms. The summed E-state index contributed by atoms with van der Waals surface area (Å²) in [6.07, 6.45) is -0.218. The van der Waals surface area contributed by atoms with Gasteiger partial charge in [0.1, 0.15) is 0 Å². The van der Waals surface area contributed by atoms with Gasteiger partial charge in [-0.2, -0.15) is 13.2 Å². The van der Waals surface area contributed by atoms with Crippen molar-refractivity contribution >= 4 is 10.8 Å². The molecule has 2 rings (SSSR count). The van der Waals surface area contributed by atoms with E-state index in [-0.39, 0.29) is 11.3 Å². The van der Waals surface area contributed by atoms with Gasteiger partial charge in [0.15, 0.2) is 0 Å². The summed E-state index contributed by atoms with van der Waals surface area (Å²) in [5, 5.41) is 3.19. The molecule has 1 saturated carbocycles. The normalized spacial score (nSPS) is 19.6. The number of hydrogen-bond donors (Lipinski definition) is 1. The van der Waals surface area contributed by atoms with Gasteiger partial charge in [-0.3, -0.25) is 4.21 Å². The number of benzene rings is 1. The summed E-state index contributed by atoms with van der Waals surface area (Å²) in [5.41, 5.74) is -0.120. The lowest BCUT2D eigenvalue weighted by molar-refractivity contribution is -0.137. The lowest BCUT2D eigenvalue weighted by Gasteiger charge is -2.20. The molecule has 2 atom stereocenters. The predicted molar refractivity (Wildman–Crippen MR) is 78.5 cm³/mol. The summed E-state index contributed by atoms with van der Waals surface area (Å²) in [4.78, 5) is 0. The van der Waals surface area contributed by atoms with Crippen molar-refractivity contribution in [3.8, 4) is 0 Å². The van der Waals surface area contributed by atoms with Gasteiger partial charge >= 0.3 is 6.18 Å². The molecular weight excluding hydrogens is 299 g/mol. The molecule has 0 spiro atoms. The number of alkyl halides is 3. The highest BCUT2D eigenvalue weighted by atomic mass is 32.2. The van der Waals surface area contributed by atoms with Crippen LogP contribution in [0.3, 0.4) is 0 Å². The van der Waals surface area contributed by atoms with Crippen LogP contribution in [-0.2, 0) is 17.0 Å². The van der Waals surface area contributed by atoms with Crippen LogP contribution in [0, 0.1) is 0 Å². The van der Waals surface area contributed by atoms with E-state index in [4.69, 9.17) is 0 Å². The predicted octanol–water partition coefficient (Wildman–Crippen LogP) is 3.66. The second-order valence-electron chi connectivity index (χ2n) is 5.42. The highest BCUT2D eigenvalue weighted by Gasteiger charge is 2.31. The van der Waals surface area contributed by atoms with E-state index in [1.165, 1.54) is 6.07 Å². The van der Waals surface area contributed by atoms with E-state index in [9.17, 15) is 17.4 Å². The van der Waals surface area contributed by atoms with E-state index in [0.717, 1.165) is 37.8 Å². The highest BCUT2D eigenvalue weighted by molar-refractivity contribution is 7.85. The van der Waals surface area contributed by atoms with Crippen molar-refractivity contribution in [2.45, 2.75) is 43.2 Å². The quantitative estimate of drug-likeness (QED) is 0.897. The summed E-state index contributed by atoms with van der Waals surface area (Å²) in [6, 6.07) is 4.95. The summed E-state index contributed by atoms with van der Waals surface area (Å²) < 4.78 is 50.6. The van der Waals surface area contributed by atoms with E-state index >= 15 is 0 Å². The van der Waals surface area contributed by atoms with Crippen LogP contribution in [0.25, 0.3) is 0 Å². The Hall–Kier alpha value is -0.880. The summed E-state index contributed by atoms with van der Waals surface area (Å²) >= 11 is 0. The molecule has 2 unspecified atom stereocenters. The van der Waals surface area contributed by atoms with Crippen molar-refractivity contribution in [2.75, 3.05) is 12.8 Å². The highest BCUT2D eigenvalue weighted by Crippen LogP contribution is 2.31. The van der Waals surface area contributed by atoms with Crippen LogP contribution in [0.2, 0.25) is 0 Å². The van der Waals surface area contributed by atoms with Crippen molar-refractivity contribution in [1.29, 1.82) is 0 Å². The minimum Gasteiger partial charge on any atom is -0.312 e. The Balaban J connectivity index is 2.11. The van der Waals surface area contributed by atoms with E-state index in [1.54, 1.807) is 13.1 Å². The molecule has 1 fully saturated rings. The smallest absolute Gasteiger partial charge is 0.312 e. The first-order chi connectivity index (χ1) is 9.91. The van der Waals surface area contributed by atoms with Gasteiger partial charge in [0.05, 0.1) is 5.56 Å². The van der Waals surface area contributed by atoms with Gasteiger partial charge in [0, 0.05) is 27.8 Å². The molecule has 1 aromatic rings. The Kier molecular flexibility index (Phi) is 5.43. The fraction of sp³-hybridized carbons (Fsp3) is 0.600. The third kappa shape index (κ3) is 4.30. The number of rotatable bonds is 5. The fourth-order valence-electron chi connectivity index (χ4n) is 2.73. The zero-order valence-corrected chi connectivity index (χ0v) is 12.8. The van der Waals surface area contributed by atoms with Gasteiger partial charge in [0.25, 0.3) is 0 Å². The van der Waals surface area contributed by atoms with Gasteiger partial charge in [0.2, 0.25) is 0 Å². The molecule has 0 heterocycles. The van der Waals surface area contributed by atoms with E-state index in [1.807, 2.05) is 0 Å². The molecule has 2 nitrogen and oxygen atoms in total. The second kappa shape index (κ2) is 6.92. The van der Waals surface area contributed by atoms with E-state index in [0.29, 0.717) is 11.3 Å². The van der Waals surface area contributed by atoms with Crippen LogP contribution >= 0.6 is 0 Å². The zero-order chi connectivity index (χ0) is 15.5. The van der Waals surface area contributed by atoms with Gasteiger partial charge in [-0.05, 0) is 37.6 Å². The molecule has 1 aliphatic rings. The van der Waals surface area contributed by atoms with Crippen LogP contribution in [0.15, 0.2) is 24.3 Å². The molecule has 0 radical (unpaired) electrons. The van der Waals surface area contributed by atoms with E-state index < -0.39 is 22.5 Å². The summed E-state index contributed by atoms with van der Waals surface area (Å²) in [5.74, 6) is 0.364. The number of halogens is 3. The van der Waals surface area contributed by atoms with Crippen LogP contribution in [-0.4, -0.2) is 22.3 Å². The monoisotopic (exact) mass is 319 g/mol. The van der Waals surface area contributed by atoms with Gasteiger partial charge in [-0.25, -0.2) is 0 Å². The maximum absolute atomic E-state index is 12.8. The van der Waals surface area contributed by atoms with Crippen molar-refractivity contribution < 1.29 is 17.4 Å². The van der Waals surface area contributed by atoms with E-state index in [2.05, 4.69) is 5.32 Å². The lowest BCUT2D eigenvalue weighted by Crippen LogP contribution is -2.26. The minimum absolute atomic E-state index is 0.201. The molecule has 0 aromatic heterocycles. The first kappa shape index (κ1) is 16.5. The molecule has 1 N–H and O–H groups in total. The third-order valence-corrected chi connectivity index (χ3v) is 5.85. The standard InChI is InChI=1S/C15H20F3NOS/c1-19-14(10-21(20)13-7-2-3-8-13)11-5-4-6-12(9-11)15(16,17)18/h4-6,9,13-14,19H,2-3,7-8,10H2,1H3. The first-order valence-electron chi connectivity index (χ1n) is 7.13. The Morgan fingerprint density at radius 3 is 2.57 bits per heavy atom. The van der Waals surface area contributed by atoms with Crippen molar-refractivity contribution in [2.24, 2.45) is 0 Å². The maximum atomic E-state index is 12.8. The molecule has 1 aromatic carbocycles. The van der Waals surface area contributed by atoms with Crippen LogP contribution in [0.5, 0.6) is 0 Å². The lowest BCUT2D eigenvalue weighted by atomic mass is 10.1. The molecular formula is C15H20F3NOS. The first-order valence-corrected chi connectivity index (χ1v) is 8.51. The third-order valence-electron chi connectivity index (χ3n) is 3.97. The molecule has 1 aliphatic carbocycles. The SMILES string of the molecule is CNC(CS(=O)C1CCCC1)c1cccc(C(F)(F)F)c1. The molecule has 0 saturated heterocycles. The summed E-state index contributed by atoms with van der Waals surface area (Å²) in [7, 11) is 0.694. The van der Waals surface area contributed by atoms with Crippen molar-refractivity contribution in [3.63, 3.8) is 0 Å². The average molecular weight is 319 g/mol. The van der Waals surface area contributed by atoms with Crippen LogP contribution in [0.1, 0.15) is 42.9 Å². The maximum Gasteiger partial charge on any atom is 0.416 e. The largest absolute Gasteiger partial charge is 0.416 e. The van der Waals surface area contributed by atoms with Gasteiger partial charge in [-0.1, -0.05) is 25.0 Å². The minimum atomic E-state index is -4.35. The topological polar surface area (TPSA) is 29.1 Å². The average Bonchev–Trinajstić information content (AvgIpc) is 2.98. The molecule has 0 aliphatic heterocycles. The fourth-order valence-corrected chi connectivity index (χ4v) is 4.55. The Morgan fingerprint density at radius 1 is 1.33 bits per heavy atom. The Morgan fingerprint density at radius 2 is 2.00 bits per heavy atom. The number of hydrogen-bond acceptors (Lipinski definition) is 2. The molecule has 118 valence electrons. The second-order valence-corrected chi connectivity index (χ2v) is 7.18. The van der Waals surface area contributed by atoms with Gasteiger partial charge < -0.3 is 5.32 Å². The van der Waals surface area contributed by atoms with Crippen LogP contribution < -0.4 is 5.32 Å². The molecule has 21 heavy (non-hydrogen) atoms.